The number of H-pyrrole nitrogens is 1. The highest BCUT2D eigenvalue weighted by Crippen LogP contribution is 2.18. The number of methoxy groups -OCH3 is 1. The number of fused-ring (bicyclic) bond motifs is 1. The Morgan fingerprint density at radius 2 is 2.25 bits per heavy atom. The van der Waals surface area contributed by atoms with Crippen LogP contribution in [-0.2, 0) is 4.74 Å². The first-order valence-corrected chi connectivity index (χ1v) is 5.71. The van der Waals surface area contributed by atoms with Gasteiger partial charge in [0, 0.05) is 7.11 Å². The largest absolute Gasteiger partial charge is 0.394 e. The van der Waals surface area contributed by atoms with E-state index >= 15 is 0 Å². The molecule has 0 spiro atoms. The average Bonchev–Trinajstić information content (AvgIpc) is 2.83. The number of hydrogen-bond acceptors (Lipinski definition) is 8. The highest BCUT2D eigenvalue weighted by atomic mass is 16.5. The van der Waals surface area contributed by atoms with Gasteiger partial charge in [-0.1, -0.05) is 0 Å². The summed E-state index contributed by atoms with van der Waals surface area (Å²) < 4.78 is 5.91. The summed E-state index contributed by atoms with van der Waals surface area (Å²) in [4.78, 5) is 21.5. The van der Waals surface area contributed by atoms with Gasteiger partial charge >= 0.3 is 0 Å². The molecule has 0 aromatic carbocycles. The molecule has 0 aliphatic rings. The van der Waals surface area contributed by atoms with Crippen LogP contribution in [0.25, 0.3) is 11.2 Å². The third kappa shape index (κ3) is 2.36. The van der Waals surface area contributed by atoms with E-state index in [2.05, 4.69) is 15.0 Å². The fourth-order valence-corrected chi connectivity index (χ4v) is 1.82. The lowest BCUT2D eigenvalue weighted by Crippen LogP contribution is -2.38. The molecule has 0 radical (unpaired) electrons. The predicted octanol–water partition coefficient (Wildman–Crippen LogP) is -2.44. The Morgan fingerprint density at radius 3 is 2.85 bits per heavy atom. The smallest absolute Gasteiger partial charge is 0.280 e. The summed E-state index contributed by atoms with van der Waals surface area (Å²) in [6, 6.07) is 0. The van der Waals surface area contributed by atoms with Crippen molar-refractivity contribution in [3.63, 3.8) is 0 Å². The molecular weight excluding hydrogens is 270 g/mol. The number of rotatable bonds is 5. The number of aromatic nitrogens is 4. The lowest BCUT2D eigenvalue weighted by molar-refractivity contribution is -0.116. The van der Waals surface area contributed by atoms with E-state index in [0.29, 0.717) is 0 Å². The van der Waals surface area contributed by atoms with Crippen molar-refractivity contribution in [2.24, 2.45) is 0 Å². The highest BCUT2D eigenvalue weighted by molar-refractivity contribution is 5.70. The third-order valence-electron chi connectivity index (χ3n) is 2.90. The standard InChI is InChI=1S/C10H15N5O5/c1-20-4(2-16)6(17)9(19)15-3-12-5-7(15)13-10(11)14-8(5)18/h3-4,6,9,16-17,19H,2H2,1H3,(H3,11,13,14,18)/t4-,6-,9+/m1/s1. The zero-order valence-electron chi connectivity index (χ0n) is 10.6. The fraction of sp³-hybridized carbons (Fsp3) is 0.500. The second kappa shape index (κ2) is 5.54. The molecule has 0 amide bonds. The molecule has 0 saturated carbocycles. The van der Waals surface area contributed by atoms with Gasteiger partial charge in [-0.25, -0.2) is 4.98 Å². The van der Waals surface area contributed by atoms with Crippen LogP contribution < -0.4 is 11.3 Å². The van der Waals surface area contributed by atoms with Crippen LogP contribution in [0.1, 0.15) is 6.23 Å². The first-order valence-electron chi connectivity index (χ1n) is 5.71. The molecule has 0 aliphatic carbocycles. The summed E-state index contributed by atoms with van der Waals surface area (Å²) in [7, 11) is 1.28. The van der Waals surface area contributed by atoms with Crippen LogP contribution in [0.5, 0.6) is 0 Å². The number of anilines is 1. The first-order chi connectivity index (χ1) is 9.49. The Bertz CT molecular complexity index is 649. The van der Waals surface area contributed by atoms with Crippen molar-refractivity contribution in [2.75, 3.05) is 19.5 Å². The summed E-state index contributed by atoms with van der Waals surface area (Å²) in [6.07, 6.45) is -2.80. The second-order valence-corrected chi connectivity index (χ2v) is 4.14. The Kier molecular flexibility index (Phi) is 3.99. The number of nitrogens with one attached hydrogen (secondary N) is 1. The minimum Gasteiger partial charge on any atom is -0.394 e. The zero-order chi connectivity index (χ0) is 14.9. The van der Waals surface area contributed by atoms with Gasteiger partial charge in [-0.2, -0.15) is 4.98 Å². The van der Waals surface area contributed by atoms with Gasteiger partial charge in [0.2, 0.25) is 5.95 Å². The van der Waals surface area contributed by atoms with Crippen LogP contribution in [0, 0.1) is 0 Å². The molecule has 0 fully saturated rings. The lowest BCUT2D eigenvalue weighted by atomic mass is 10.2. The number of nitrogens with zero attached hydrogens (tertiary/aromatic N) is 3. The van der Waals surface area contributed by atoms with Gasteiger partial charge in [0.25, 0.3) is 5.56 Å². The van der Waals surface area contributed by atoms with E-state index in [1.165, 1.54) is 7.11 Å². The molecule has 6 N–H and O–H groups in total. The van der Waals surface area contributed by atoms with E-state index in [4.69, 9.17) is 15.6 Å². The molecule has 0 bridgehead atoms. The van der Waals surface area contributed by atoms with Crippen LogP contribution in [-0.4, -0.2) is 60.8 Å². The minimum absolute atomic E-state index is 0.0191. The molecular formula is C10H15N5O5. The molecule has 10 nitrogen and oxygen atoms in total. The van der Waals surface area contributed by atoms with E-state index in [0.717, 1.165) is 10.9 Å². The van der Waals surface area contributed by atoms with Gasteiger partial charge in [-0.05, 0) is 0 Å². The topological polar surface area (TPSA) is 160 Å². The summed E-state index contributed by atoms with van der Waals surface area (Å²) >= 11 is 0. The van der Waals surface area contributed by atoms with Crippen molar-refractivity contribution < 1.29 is 20.1 Å². The Labute approximate surface area is 112 Å². The van der Waals surface area contributed by atoms with Gasteiger partial charge in [0.1, 0.15) is 12.2 Å². The quantitative estimate of drug-likeness (QED) is 0.405. The van der Waals surface area contributed by atoms with E-state index in [1.54, 1.807) is 0 Å². The molecule has 2 heterocycles. The number of aliphatic hydroxyl groups is 3. The predicted molar refractivity (Wildman–Crippen MR) is 67.7 cm³/mol. The molecule has 110 valence electrons. The van der Waals surface area contributed by atoms with Crippen molar-refractivity contribution in [3.8, 4) is 0 Å². The van der Waals surface area contributed by atoms with Crippen molar-refractivity contribution in [1.82, 2.24) is 19.5 Å². The maximum Gasteiger partial charge on any atom is 0.280 e. The number of imidazole rings is 1. The SMILES string of the molecule is CO[C@H](CO)[C@@H](O)[C@H](O)n1cnc2c(=O)[nH]c(N)nc21. The molecule has 0 saturated heterocycles. The molecule has 20 heavy (non-hydrogen) atoms. The summed E-state index contributed by atoms with van der Waals surface area (Å²) in [6.45, 7) is -0.489. The van der Waals surface area contributed by atoms with Crippen molar-refractivity contribution in [3.05, 3.63) is 16.7 Å². The molecule has 0 aliphatic heterocycles. The van der Waals surface area contributed by atoms with Crippen molar-refractivity contribution >= 4 is 17.1 Å². The van der Waals surface area contributed by atoms with E-state index in [9.17, 15) is 15.0 Å². The molecule has 10 heteroatoms. The summed E-state index contributed by atoms with van der Waals surface area (Å²) in [5, 5.41) is 29.0. The van der Waals surface area contributed by atoms with Crippen LogP contribution in [0.4, 0.5) is 5.95 Å². The Balaban J connectivity index is 2.45. The normalized spacial score (nSPS) is 16.2. The Morgan fingerprint density at radius 1 is 1.55 bits per heavy atom. The minimum atomic E-state index is -1.51. The molecule has 0 unspecified atom stereocenters. The average molecular weight is 285 g/mol. The van der Waals surface area contributed by atoms with Gasteiger partial charge < -0.3 is 25.8 Å². The fourth-order valence-electron chi connectivity index (χ4n) is 1.82. The van der Waals surface area contributed by atoms with Crippen LogP contribution in [0.15, 0.2) is 11.1 Å². The van der Waals surface area contributed by atoms with Crippen LogP contribution in [0.3, 0.4) is 0 Å². The highest BCUT2D eigenvalue weighted by Gasteiger charge is 2.28. The second-order valence-electron chi connectivity index (χ2n) is 4.14. The number of aliphatic hydroxyl groups excluding tert-OH is 3. The number of aromatic amines is 1. The van der Waals surface area contributed by atoms with E-state index in [-0.39, 0.29) is 17.1 Å². The third-order valence-corrected chi connectivity index (χ3v) is 2.90. The number of nitrogens with two attached hydrogens (primary N) is 1. The molecule has 3 atom stereocenters. The molecule has 2 aromatic heterocycles. The summed E-state index contributed by atoms with van der Waals surface area (Å²) in [5.41, 5.74) is 4.86. The zero-order valence-corrected chi connectivity index (χ0v) is 10.6. The maximum atomic E-state index is 11.6. The van der Waals surface area contributed by atoms with Crippen LogP contribution >= 0.6 is 0 Å². The van der Waals surface area contributed by atoms with Crippen molar-refractivity contribution in [2.45, 2.75) is 18.4 Å². The number of hydrogen-bond donors (Lipinski definition) is 5. The monoisotopic (exact) mass is 285 g/mol. The first kappa shape index (κ1) is 14.4. The van der Waals surface area contributed by atoms with Gasteiger partial charge in [0.15, 0.2) is 17.4 Å². The van der Waals surface area contributed by atoms with E-state index < -0.39 is 30.6 Å². The molecule has 2 aromatic rings. The Hall–Kier alpha value is -2.01. The van der Waals surface area contributed by atoms with E-state index in [1.807, 2.05) is 0 Å². The van der Waals surface area contributed by atoms with Gasteiger partial charge in [0.05, 0.1) is 12.9 Å². The van der Waals surface area contributed by atoms with Crippen molar-refractivity contribution in [1.29, 1.82) is 0 Å². The maximum absolute atomic E-state index is 11.6. The molecule has 2 rings (SSSR count). The van der Waals surface area contributed by atoms with Gasteiger partial charge in [-0.15, -0.1) is 0 Å². The van der Waals surface area contributed by atoms with Crippen LogP contribution in [0.2, 0.25) is 0 Å². The van der Waals surface area contributed by atoms with Gasteiger partial charge in [-0.3, -0.25) is 14.3 Å². The lowest BCUT2D eigenvalue weighted by Gasteiger charge is -2.25. The number of nitrogen functional groups attached to an aromatic ring is 1. The summed E-state index contributed by atoms with van der Waals surface area (Å²) in [5.74, 6) is -0.142. The number of ether oxygens (including phenoxy) is 1.